The van der Waals surface area contributed by atoms with Crippen LogP contribution in [0.15, 0.2) is 22.7 Å². The maximum absolute atomic E-state index is 12.7. The van der Waals surface area contributed by atoms with Crippen molar-refractivity contribution in [3.05, 3.63) is 28.2 Å². The Hall–Kier alpha value is -1.08. The summed E-state index contributed by atoms with van der Waals surface area (Å²) < 4.78 is 38.3. The van der Waals surface area contributed by atoms with Crippen LogP contribution in [0.2, 0.25) is 0 Å². The van der Waals surface area contributed by atoms with E-state index in [2.05, 4.69) is 26.6 Å². The molecule has 1 rings (SSSR count). The fourth-order valence-electron chi connectivity index (χ4n) is 1.69. The Morgan fingerprint density at radius 3 is 2.52 bits per heavy atom. The van der Waals surface area contributed by atoms with Gasteiger partial charge in [0.15, 0.2) is 0 Å². The van der Waals surface area contributed by atoms with Gasteiger partial charge in [-0.3, -0.25) is 4.79 Å². The van der Waals surface area contributed by atoms with Crippen molar-refractivity contribution in [3.8, 4) is 0 Å². The second kappa shape index (κ2) is 7.79. The van der Waals surface area contributed by atoms with E-state index < -0.39 is 11.7 Å². The number of anilines is 1. The van der Waals surface area contributed by atoms with E-state index in [1.165, 1.54) is 6.07 Å². The van der Waals surface area contributed by atoms with E-state index in [1.54, 1.807) is 0 Å². The Balaban J connectivity index is 2.58. The number of halogens is 4. The monoisotopic (exact) mass is 366 g/mol. The first-order valence-corrected chi connectivity index (χ1v) is 7.39. The van der Waals surface area contributed by atoms with Crippen molar-refractivity contribution in [2.45, 2.75) is 38.9 Å². The van der Waals surface area contributed by atoms with Gasteiger partial charge in [-0.2, -0.15) is 13.2 Å². The van der Waals surface area contributed by atoms with Gasteiger partial charge in [0, 0.05) is 22.6 Å². The molecule has 2 N–H and O–H groups in total. The van der Waals surface area contributed by atoms with Crippen LogP contribution in [0, 0.1) is 0 Å². The third kappa shape index (κ3) is 6.95. The van der Waals surface area contributed by atoms with Gasteiger partial charge in [0.2, 0.25) is 5.91 Å². The molecule has 7 heteroatoms. The summed E-state index contributed by atoms with van der Waals surface area (Å²) in [5.41, 5.74) is -0.660. The van der Waals surface area contributed by atoms with Crippen molar-refractivity contribution >= 4 is 27.5 Å². The van der Waals surface area contributed by atoms with Crippen molar-refractivity contribution in [2.24, 2.45) is 0 Å². The number of carbonyl (C=O) groups excluding carboxylic acids is 1. The van der Waals surface area contributed by atoms with Gasteiger partial charge in [0.1, 0.15) is 0 Å². The molecule has 0 bridgehead atoms. The SMILES string of the molecule is CC(C)NCCCC(=O)Nc1cc(Br)cc(C(F)(F)F)c1. The van der Waals surface area contributed by atoms with Gasteiger partial charge in [0.25, 0.3) is 0 Å². The van der Waals surface area contributed by atoms with Crippen LogP contribution in [-0.2, 0) is 11.0 Å². The molecule has 0 saturated carbocycles. The zero-order valence-electron chi connectivity index (χ0n) is 11.9. The quantitative estimate of drug-likeness (QED) is 0.741. The number of alkyl halides is 3. The van der Waals surface area contributed by atoms with Crippen molar-refractivity contribution in [3.63, 3.8) is 0 Å². The molecule has 0 spiro atoms. The van der Waals surface area contributed by atoms with Crippen LogP contribution < -0.4 is 10.6 Å². The van der Waals surface area contributed by atoms with Gasteiger partial charge in [-0.05, 0) is 31.2 Å². The molecule has 0 aromatic heterocycles. The number of carbonyl (C=O) groups is 1. The van der Waals surface area contributed by atoms with E-state index in [1.807, 2.05) is 13.8 Å². The molecule has 1 aromatic carbocycles. The number of nitrogens with one attached hydrogen (secondary N) is 2. The molecule has 0 atom stereocenters. The van der Waals surface area contributed by atoms with Crippen LogP contribution >= 0.6 is 15.9 Å². The minimum atomic E-state index is -4.44. The Bertz CT molecular complexity index is 490. The van der Waals surface area contributed by atoms with Gasteiger partial charge < -0.3 is 10.6 Å². The molecule has 0 radical (unpaired) electrons. The molecule has 0 aliphatic carbocycles. The summed E-state index contributed by atoms with van der Waals surface area (Å²) in [5, 5.41) is 5.65. The minimum Gasteiger partial charge on any atom is -0.326 e. The lowest BCUT2D eigenvalue weighted by Gasteiger charge is -2.11. The maximum atomic E-state index is 12.7. The summed E-state index contributed by atoms with van der Waals surface area (Å²) in [6.45, 7) is 4.69. The molecule has 118 valence electrons. The van der Waals surface area contributed by atoms with E-state index in [4.69, 9.17) is 0 Å². The molecular formula is C14H18BrF3N2O. The highest BCUT2D eigenvalue weighted by molar-refractivity contribution is 9.10. The normalized spacial score (nSPS) is 11.8. The van der Waals surface area contributed by atoms with Crippen LogP contribution in [0.3, 0.4) is 0 Å². The van der Waals surface area contributed by atoms with Gasteiger partial charge in [0.05, 0.1) is 5.56 Å². The number of benzene rings is 1. The molecule has 1 amide bonds. The average molecular weight is 367 g/mol. The Morgan fingerprint density at radius 2 is 1.95 bits per heavy atom. The van der Waals surface area contributed by atoms with E-state index in [9.17, 15) is 18.0 Å². The molecule has 0 aliphatic heterocycles. The molecule has 0 saturated heterocycles. The second-order valence-electron chi connectivity index (χ2n) is 4.99. The molecule has 3 nitrogen and oxygen atoms in total. The predicted molar refractivity (Wildman–Crippen MR) is 80.1 cm³/mol. The molecule has 0 fully saturated rings. The lowest BCUT2D eigenvalue weighted by molar-refractivity contribution is -0.137. The molecule has 0 aliphatic rings. The lowest BCUT2D eigenvalue weighted by Crippen LogP contribution is -2.24. The zero-order chi connectivity index (χ0) is 16.0. The highest BCUT2D eigenvalue weighted by Gasteiger charge is 2.31. The third-order valence-electron chi connectivity index (χ3n) is 2.64. The van der Waals surface area contributed by atoms with E-state index >= 15 is 0 Å². The fourth-order valence-corrected chi connectivity index (χ4v) is 2.18. The molecule has 0 heterocycles. The van der Waals surface area contributed by atoms with Crippen LogP contribution in [0.1, 0.15) is 32.3 Å². The zero-order valence-corrected chi connectivity index (χ0v) is 13.4. The summed E-state index contributed by atoms with van der Waals surface area (Å²) in [6.07, 6.45) is -3.55. The second-order valence-corrected chi connectivity index (χ2v) is 5.90. The number of amides is 1. The minimum absolute atomic E-state index is 0.138. The van der Waals surface area contributed by atoms with Gasteiger partial charge in [-0.15, -0.1) is 0 Å². The number of hydrogen-bond acceptors (Lipinski definition) is 2. The summed E-state index contributed by atoms with van der Waals surface area (Å²) in [5.74, 6) is -0.299. The molecule has 1 aromatic rings. The lowest BCUT2D eigenvalue weighted by atomic mass is 10.2. The first kappa shape index (κ1) is 18.0. The number of hydrogen-bond donors (Lipinski definition) is 2. The van der Waals surface area contributed by atoms with Crippen molar-refractivity contribution in [1.29, 1.82) is 0 Å². The molecule has 0 unspecified atom stereocenters. The Kier molecular flexibility index (Phi) is 6.67. The predicted octanol–water partition coefficient (Wildman–Crippen LogP) is 4.18. The van der Waals surface area contributed by atoms with Crippen molar-refractivity contribution < 1.29 is 18.0 Å². The smallest absolute Gasteiger partial charge is 0.326 e. The van der Waals surface area contributed by atoms with Crippen LogP contribution in [0.5, 0.6) is 0 Å². The first-order valence-electron chi connectivity index (χ1n) is 6.59. The first-order chi connectivity index (χ1) is 9.68. The topological polar surface area (TPSA) is 41.1 Å². The van der Waals surface area contributed by atoms with E-state index in [-0.39, 0.29) is 22.5 Å². The summed E-state index contributed by atoms with van der Waals surface area (Å²) >= 11 is 3.01. The summed E-state index contributed by atoms with van der Waals surface area (Å²) in [7, 11) is 0. The molecule has 21 heavy (non-hydrogen) atoms. The highest BCUT2D eigenvalue weighted by Crippen LogP contribution is 2.33. The van der Waals surface area contributed by atoms with Crippen LogP contribution in [-0.4, -0.2) is 18.5 Å². The average Bonchev–Trinajstić information content (AvgIpc) is 2.32. The van der Waals surface area contributed by atoms with Crippen LogP contribution in [0.25, 0.3) is 0 Å². The van der Waals surface area contributed by atoms with Gasteiger partial charge in [-0.1, -0.05) is 29.8 Å². The summed E-state index contributed by atoms with van der Waals surface area (Å²) in [6, 6.07) is 3.68. The maximum Gasteiger partial charge on any atom is 0.416 e. The summed E-state index contributed by atoms with van der Waals surface area (Å²) in [4.78, 5) is 11.7. The van der Waals surface area contributed by atoms with Gasteiger partial charge >= 0.3 is 6.18 Å². The number of rotatable bonds is 6. The Labute approximate surface area is 130 Å². The highest BCUT2D eigenvalue weighted by atomic mass is 79.9. The van der Waals surface area contributed by atoms with E-state index in [0.29, 0.717) is 19.0 Å². The van der Waals surface area contributed by atoms with E-state index in [0.717, 1.165) is 12.1 Å². The largest absolute Gasteiger partial charge is 0.416 e. The van der Waals surface area contributed by atoms with Gasteiger partial charge in [-0.25, -0.2) is 0 Å². The van der Waals surface area contributed by atoms with Crippen molar-refractivity contribution in [1.82, 2.24) is 5.32 Å². The third-order valence-corrected chi connectivity index (χ3v) is 3.10. The molecular weight excluding hydrogens is 349 g/mol. The Morgan fingerprint density at radius 1 is 1.29 bits per heavy atom. The fraction of sp³-hybridized carbons (Fsp3) is 0.500. The van der Waals surface area contributed by atoms with Crippen LogP contribution in [0.4, 0.5) is 18.9 Å². The standard InChI is InChI=1S/C14H18BrF3N2O/c1-9(2)19-5-3-4-13(21)20-12-7-10(14(16,17)18)6-11(15)8-12/h6-9,19H,3-5H2,1-2H3,(H,20,21). The van der Waals surface area contributed by atoms with Crippen molar-refractivity contribution in [2.75, 3.05) is 11.9 Å².